The Hall–Kier alpha value is -1.86. The van der Waals surface area contributed by atoms with Crippen molar-refractivity contribution in [2.75, 3.05) is 31.9 Å². The highest BCUT2D eigenvalue weighted by Crippen LogP contribution is 2.32. The molecule has 28 heavy (non-hydrogen) atoms. The predicted molar refractivity (Wildman–Crippen MR) is 117 cm³/mol. The van der Waals surface area contributed by atoms with Crippen LogP contribution in [0.3, 0.4) is 0 Å². The van der Waals surface area contributed by atoms with Gasteiger partial charge in [-0.05, 0) is 57.5 Å². The molecule has 0 fully saturated rings. The predicted octanol–water partition coefficient (Wildman–Crippen LogP) is 4.57. The second kappa shape index (κ2) is 11.9. The van der Waals surface area contributed by atoms with Crippen LogP contribution < -0.4 is 11.1 Å². The van der Waals surface area contributed by atoms with Crippen molar-refractivity contribution < 1.29 is 9.32 Å². The van der Waals surface area contributed by atoms with Crippen molar-refractivity contribution in [2.24, 2.45) is 0 Å². The van der Waals surface area contributed by atoms with Gasteiger partial charge in [0, 0.05) is 11.4 Å². The number of nitrogens with two attached hydrogens (primary N) is 1. The zero-order chi connectivity index (χ0) is 20.4. The third-order valence-corrected chi connectivity index (χ3v) is 6.02. The fourth-order valence-corrected chi connectivity index (χ4v) is 4.01. The van der Waals surface area contributed by atoms with Gasteiger partial charge in [-0.2, -0.15) is 0 Å². The zero-order valence-corrected chi connectivity index (χ0v) is 18.2. The Labute approximate surface area is 172 Å². The molecule has 0 saturated heterocycles. The van der Waals surface area contributed by atoms with E-state index in [0.717, 1.165) is 37.4 Å². The standard InChI is InChI=1S/C21H34N4O2S/c1-4-7-13-25(14-8-5-2)15-9-12-23-21(26)18-19(24-27-20(18)22)17-11-10-16(6-3)28-17/h10-11H,4-9,12-15,22H2,1-3H3,(H,23,26). The summed E-state index contributed by atoms with van der Waals surface area (Å²) in [7, 11) is 0. The van der Waals surface area contributed by atoms with Gasteiger partial charge in [0.05, 0.1) is 4.88 Å². The van der Waals surface area contributed by atoms with Crippen molar-refractivity contribution >= 4 is 23.1 Å². The highest BCUT2D eigenvalue weighted by molar-refractivity contribution is 7.15. The van der Waals surface area contributed by atoms with E-state index in [4.69, 9.17) is 10.3 Å². The molecule has 6 nitrogen and oxygen atoms in total. The number of hydrogen-bond donors (Lipinski definition) is 2. The van der Waals surface area contributed by atoms with E-state index >= 15 is 0 Å². The van der Waals surface area contributed by atoms with Gasteiger partial charge >= 0.3 is 0 Å². The van der Waals surface area contributed by atoms with Gasteiger partial charge in [0.1, 0.15) is 11.3 Å². The summed E-state index contributed by atoms with van der Waals surface area (Å²) in [4.78, 5) is 17.3. The van der Waals surface area contributed by atoms with E-state index in [9.17, 15) is 4.79 Å². The minimum Gasteiger partial charge on any atom is -0.367 e. The number of nitrogens with zero attached hydrogens (tertiary/aromatic N) is 2. The summed E-state index contributed by atoms with van der Waals surface area (Å²) in [6.07, 6.45) is 6.72. The number of aryl methyl sites for hydroxylation is 1. The van der Waals surface area contributed by atoms with Crippen molar-refractivity contribution in [3.8, 4) is 10.6 Å². The number of hydrogen-bond acceptors (Lipinski definition) is 6. The van der Waals surface area contributed by atoms with Gasteiger partial charge in [0.15, 0.2) is 0 Å². The largest absolute Gasteiger partial charge is 0.367 e. The molecule has 0 aliphatic rings. The molecule has 0 unspecified atom stereocenters. The molecule has 1 amide bonds. The maximum atomic E-state index is 12.7. The first-order chi connectivity index (χ1) is 13.6. The number of nitrogens with one attached hydrogen (secondary N) is 1. The van der Waals surface area contributed by atoms with Crippen LogP contribution in [0.2, 0.25) is 0 Å². The average molecular weight is 407 g/mol. The molecule has 0 aliphatic carbocycles. The minimum absolute atomic E-state index is 0.0754. The summed E-state index contributed by atoms with van der Waals surface area (Å²) in [5, 5.41) is 7.00. The van der Waals surface area contributed by atoms with E-state index in [1.807, 2.05) is 12.1 Å². The van der Waals surface area contributed by atoms with Gasteiger partial charge in [0.2, 0.25) is 5.88 Å². The SMILES string of the molecule is CCCCN(CCCC)CCCNC(=O)c1c(-c2ccc(CC)s2)noc1N. The molecule has 0 atom stereocenters. The molecular weight excluding hydrogens is 372 g/mol. The van der Waals surface area contributed by atoms with Crippen LogP contribution in [0.5, 0.6) is 0 Å². The quantitative estimate of drug-likeness (QED) is 0.476. The smallest absolute Gasteiger partial charge is 0.259 e. The highest BCUT2D eigenvalue weighted by Gasteiger charge is 2.23. The second-order valence-corrected chi connectivity index (χ2v) is 8.22. The van der Waals surface area contributed by atoms with E-state index in [2.05, 4.69) is 36.1 Å². The van der Waals surface area contributed by atoms with Crippen LogP contribution in [0, 0.1) is 0 Å². The molecule has 0 radical (unpaired) electrons. The third-order valence-electron chi connectivity index (χ3n) is 4.78. The first-order valence-electron chi connectivity index (χ1n) is 10.4. The molecule has 0 saturated carbocycles. The van der Waals surface area contributed by atoms with Crippen LogP contribution in [-0.2, 0) is 6.42 Å². The van der Waals surface area contributed by atoms with Crippen molar-refractivity contribution in [3.63, 3.8) is 0 Å². The van der Waals surface area contributed by atoms with Crippen molar-refractivity contribution in [1.29, 1.82) is 0 Å². The molecule has 3 N–H and O–H groups in total. The number of carbonyl (C=O) groups excluding carboxylic acids is 1. The summed E-state index contributed by atoms with van der Waals surface area (Å²) in [5.74, 6) is -0.139. The lowest BCUT2D eigenvalue weighted by atomic mass is 10.2. The highest BCUT2D eigenvalue weighted by atomic mass is 32.1. The minimum atomic E-state index is -0.214. The second-order valence-electron chi connectivity index (χ2n) is 7.05. The summed E-state index contributed by atoms with van der Waals surface area (Å²) < 4.78 is 5.11. The Kier molecular flexibility index (Phi) is 9.50. The Bertz CT molecular complexity index is 718. The van der Waals surface area contributed by atoms with Gasteiger partial charge in [-0.1, -0.05) is 38.8 Å². The van der Waals surface area contributed by atoms with Crippen LogP contribution in [-0.4, -0.2) is 42.1 Å². The fourth-order valence-electron chi connectivity index (χ4n) is 3.08. The maximum Gasteiger partial charge on any atom is 0.259 e. The molecule has 0 bridgehead atoms. The first-order valence-corrected chi connectivity index (χ1v) is 11.3. The van der Waals surface area contributed by atoms with Gasteiger partial charge in [0.25, 0.3) is 5.91 Å². The van der Waals surface area contributed by atoms with E-state index < -0.39 is 0 Å². The van der Waals surface area contributed by atoms with E-state index in [-0.39, 0.29) is 11.8 Å². The lowest BCUT2D eigenvalue weighted by Gasteiger charge is -2.21. The van der Waals surface area contributed by atoms with Crippen molar-refractivity contribution in [2.45, 2.75) is 59.3 Å². The van der Waals surface area contributed by atoms with Gasteiger partial charge in [-0.25, -0.2) is 0 Å². The van der Waals surface area contributed by atoms with E-state index in [1.54, 1.807) is 11.3 Å². The molecule has 0 spiro atoms. The van der Waals surface area contributed by atoms with Crippen LogP contribution in [0.25, 0.3) is 10.6 Å². The molecule has 0 aromatic carbocycles. The van der Waals surface area contributed by atoms with E-state index in [0.29, 0.717) is 17.8 Å². The molecule has 2 aromatic heterocycles. The average Bonchev–Trinajstić information content (AvgIpc) is 3.32. The number of nitrogen functional groups attached to an aromatic ring is 1. The van der Waals surface area contributed by atoms with Gasteiger partial charge in [-0.3, -0.25) is 4.79 Å². The molecular formula is C21H34N4O2S. The Morgan fingerprint density at radius 1 is 1.14 bits per heavy atom. The normalized spacial score (nSPS) is 11.3. The Morgan fingerprint density at radius 3 is 2.43 bits per heavy atom. The fraction of sp³-hybridized carbons (Fsp3) is 0.619. The molecule has 0 aliphatic heterocycles. The lowest BCUT2D eigenvalue weighted by Crippen LogP contribution is -2.31. The number of aromatic nitrogens is 1. The summed E-state index contributed by atoms with van der Waals surface area (Å²) in [6, 6.07) is 4.02. The number of thiophene rings is 1. The number of anilines is 1. The molecule has 2 rings (SSSR count). The zero-order valence-electron chi connectivity index (χ0n) is 17.4. The van der Waals surface area contributed by atoms with Gasteiger partial charge < -0.3 is 20.5 Å². The molecule has 156 valence electrons. The Morgan fingerprint density at radius 2 is 1.82 bits per heavy atom. The third kappa shape index (κ3) is 6.34. The maximum absolute atomic E-state index is 12.7. The first kappa shape index (κ1) is 22.4. The summed E-state index contributed by atoms with van der Waals surface area (Å²) in [5.41, 5.74) is 6.77. The van der Waals surface area contributed by atoms with E-state index in [1.165, 1.54) is 30.6 Å². The number of carbonyl (C=O) groups is 1. The van der Waals surface area contributed by atoms with Gasteiger partial charge in [-0.15, -0.1) is 11.3 Å². The monoisotopic (exact) mass is 406 g/mol. The Balaban J connectivity index is 1.90. The van der Waals surface area contributed by atoms with Crippen LogP contribution in [0.1, 0.15) is 68.1 Å². The number of unbranched alkanes of at least 4 members (excludes halogenated alkanes) is 2. The molecule has 7 heteroatoms. The van der Waals surface area contributed by atoms with Crippen molar-refractivity contribution in [1.82, 2.24) is 15.4 Å². The number of amides is 1. The molecule has 2 aromatic rings. The topological polar surface area (TPSA) is 84.4 Å². The molecule has 2 heterocycles. The summed E-state index contributed by atoms with van der Waals surface area (Å²) in [6.45, 7) is 10.4. The van der Waals surface area contributed by atoms with Crippen LogP contribution in [0.15, 0.2) is 16.7 Å². The summed E-state index contributed by atoms with van der Waals surface area (Å²) >= 11 is 1.61. The van der Waals surface area contributed by atoms with Crippen LogP contribution >= 0.6 is 11.3 Å². The number of rotatable bonds is 13. The lowest BCUT2D eigenvalue weighted by molar-refractivity contribution is 0.0952. The van der Waals surface area contributed by atoms with Crippen molar-refractivity contribution in [3.05, 3.63) is 22.6 Å². The van der Waals surface area contributed by atoms with Crippen LogP contribution in [0.4, 0.5) is 5.88 Å².